The van der Waals surface area contributed by atoms with Gasteiger partial charge in [-0.05, 0) is 50.3 Å². The summed E-state index contributed by atoms with van der Waals surface area (Å²) in [4.78, 5) is 40.5. The van der Waals surface area contributed by atoms with Crippen LogP contribution in [0.2, 0.25) is 0 Å². The third kappa shape index (κ3) is 4.12. The summed E-state index contributed by atoms with van der Waals surface area (Å²) in [6.07, 6.45) is 1.82. The highest BCUT2D eigenvalue weighted by Gasteiger charge is 2.49. The molecule has 154 valence electrons. The van der Waals surface area contributed by atoms with Crippen molar-refractivity contribution in [2.45, 2.75) is 38.3 Å². The lowest BCUT2D eigenvalue weighted by Crippen LogP contribution is -2.49. The Bertz CT molecular complexity index is 758. The molecule has 0 aliphatic carbocycles. The van der Waals surface area contributed by atoms with Gasteiger partial charge in [-0.1, -0.05) is 12.1 Å². The lowest BCUT2D eigenvalue weighted by Gasteiger charge is -2.35. The highest BCUT2D eigenvalue weighted by molar-refractivity contribution is 6.09. The number of imide groups is 1. The van der Waals surface area contributed by atoms with Crippen molar-refractivity contribution in [1.29, 1.82) is 0 Å². The molecule has 4 amide bonds. The maximum absolute atomic E-state index is 13.2. The van der Waals surface area contributed by atoms with Crippen molar-refractivity contribution < 1.29 is 18.8 Å². The van der Waals surface area contributed by atoms with E-state index >= 15 is 0 Å². The van der Waals surface area contributed by atoms with Crippen LogP contribution in [-0.2, 0) is 15.1 Å². The number of carbonyl (C=O) groups is 3. The third-order valence-corrected chi connectivity index (χ3v) is 5.54. The van der Waals surface area contributed by atoms with Crippen LogP contribution in [0.5, 0.6) is 0 Å². The summed E-state index contributed by atoms with van der Waals surface area (Å²) < 4.78 is 13.2. The number of benzene rings is 1. The van der Waals surface area contributed by atoms with E-state index in [0.29, 0.717) is 18.7 Å². The molecule has 3 rings (SSSR count). The minimum Gasteiger partial charge on any atom is -0.341 e. The van der Waals surface area contributed by atoms with Crippen LogP contribution < -0.4 is 11.1 Å². The number of likely N-dealkylation sites (tertiary alicyclic amines) is 1. The van der Waals surface area contributed by atoms with Gasteiger partial charge >= 0.3 is 6.03 Å². The van der Waals surface area contributed by atoms with E-state index < -0.39 is 23.3 Å². The van der Waals surface area contributed by atoms with Gasteiger partial charge in [-0.15, -0.1) is 12.4 Å². The number of carbonyl (C=O) groups excluding carboxylic acids is 3. The number of nitrogens with one attached hydrogen (secondary N) is 1. The average Bonchev–Trinajstić information content (AvgIpc) is 2.86. The molecule has 9 heteroatoms. The average molecular weight is 413 g/mol. The lowest BCUT2D eigenvalue weighted by atomic mass is 9.91. The van der Waals surface area contributed by atoms with Crippen LogP contribution >= 0.6 is 12.4 Å². The number of nitrogens with zero attached hydrogens (tertiary/aromatic N) is 2. The van der Waals surface area contributed by atoms with Gasteiger partial charge in [0.15, 0.2) is 0 Å². The second-order valence-corrected chi connectivity index (χ2v) is 7.55. The summed E-state index contributed by atoms with van der Waals surface area (Å²) in [6, 6.07) is 4.73. The first-order chi connectivity index (χ1) is 12.7. The van der Waals surface area contributed by atoms with Crippen LogP contribution in [0.4, 0.5) is 9.18 Å². The van der Waals surface area contributed by atoms with Crippen LogP contribution in [0.3, 0.4) is 0 Å². The van der Waals surface area contributed by atoms with Gasteiger partial charge in [-0.25, -0.2) is 9.18 Å². The molecule has 2 aliphatic heterocycles. The van der Waals surface area contributed by atoms with Gasteiger partial charge in [-0.2, -0.15) is 0 Å². The Hall–Kier alpha value is -2.19. The van der Waals surface area contributed by atoms with Gasteiger partial charge in [-0.3, -0.25) is 14.5 Å². The zero-order valence-electron chi connectivity index (χ0n) is 16.0. The maximum Gasteiger partial charge on any atom is 0.325 e. The van der Waals surface area contributed by atoms with Gasteiger partial charge in [0.1, 0.15) is 17.9 Å². The molecule has 2 saturated heterocycles. The van der Waals surface area contributed by atoms with Crippen LogP contribution in [0.25, 0.3) is 0 Å². The molecule has 1 aromatic carbocycles. The molecule has 0 saturated carbocycles. The molecule has 7 nitrogen and oxygen atoms in total. The number of urea groups is 1. The van der Waals surface area contributed by atoms with Crippen LogP contribution in [0, 0.1) is 11.7 Å². The normalized spacial score (nSPS) is 25.9. The summed E-state index contributed by atoms with van der Waals surface area (Å²) in [5.41, 5.74) is 5.10. The van der Waals surface area contributed by atoms with Gasteiger partial charge in [0.05, 0.1) is 0 Å². The second kappa shape index (κ2) is 8.45. The van der Waals surface area contributed by atoms with Crippen LogP contribution in [0.15, 0.2) is 24.3 Å². The van der Waals surface area contributed by atoms with Crippen molar-refractivity contribution in [1.82, 2.24) is 15.1 Å². The first-order valence-electron chi connectivity index (χ1n) is 9.16. The van der Waals surface area contributed by atoms with Crippen molar-refractivity contribution in [3.8, 4) is 0 Å². The quantitative estimate of drug-likeness (QED) is 0.734. The molecule has 0 aromatic heterocycles. The number of halogens is 2. The number of amides is 4. The molecule has 3 N–H and O–H groups in total. The minimum atomic E-state index is -1.32. The van der Waals surface area contributed by atoms with E-state index in [1.54, 1.807) is 11.8 Å². The van der Waals surface area contributed by atoms with E-state index in [4.69, 9.17) is 5.73 Å². The van der Waals surface area contributed by atoms with E-state index in [1.165, 1.54) is 24.3 Å². The summed E-state index contributed by atoms with van der Waals surface area (Å²) in [5.74, 6) is -1.00. The van der Waals surface area contributed by atoms with Crippen molar-refractivity contribution in [2.24, 2.45) is 11.7 Å². The predicted octanol–water partition coefficient (Wildman–Crippen LogP) is 1.60. The number of hydrogen-bond donors (Lipinski definition) is 2. The van der Waals surface area contributed by atoms with Crippen molar-refractivity contribution >= 4 is 30.3 Å². The minimum absolute atomic E-state index is 0. The molecular formula is C19H26ClFN4O3. The van der Waals surface area contributed by atoms with Crippen molar-refractivity contribution in [3.05, 3.63) is 35.6 Å². The fraction of sp³-hybridized carbons (Fsp3) is 0.526. The van der Waals surface area contributed by atoms with E-state index in [9.17, 15) is 18.8 Å². The predicted molar refractivity (Wildman–Crippen MR) is 104 cm³/mol. The third-order valence-electron chi connectivity index (χ3n) is 5.54. The highest BCUT2D eigenvalue weighted by atomic mass is 35.5. The van der Waals surface area contributed by atoms with Crippen LogP contribution in [0.1, 0.15) is 32.3 Å². The highest BCUT2D eigenvalue weighted by Crippen LogP contribution is 2.29. The second-order valence-electron chi connectivity index (χ2n) is 7.55. The Kier molecular flexibility index (Phi) is 6.67. The molecule has 0 radical (unpaired) electrons. The number of hydrogen-bond acceptors (Lipinski definition) is 4. The Balaban J connectivity index is 0.00000280. The summed E-state index contributed by atoms with van der Waals surface area (Å²) in [5, 5.41) is 2.63. The number of rotatable bonds is 4. The van der Waals surface area contributed by atoms with E-state index in [0.717, 1.165) is 17.7 Å². The number of nitrogens with two attached hydrogens (primary N) is 1. The smallest absolute Gasteiger partial charge is 0.325 e. The SMILES string of the molecule is CC(N)C1CCCN(C(=O)CN2C(=O)NC(C)(c3ccc(F)cc3)C2=O)C1.Cl. The Morgan fingerprint density at radius 3 is 2.61 bits per heavy atom. The van der Waals surface area contributed by atoms with Gasteiger partial charge in [0, 0.05) is 19.1 Å². The Morgan fingerprint density at radius 1 is 1.36 bits per heavy atom. The molecule has 2 aliphatic rings. The fourth-order valence-electron chi connectivity index (χ4n) is 3.72. The van der Waals surface area contributed by atoms with Gasteiger partial charge in [0.25, 0.3) is 5.91 Å². The first-order valence-corrected chi connectivity index (χ1v) is 9.16. The maximum atomic E-state index is 13.2. The molecule has 1 aromatic rings. The molecule has 3 atom stereocenters. The van der Waals surface area contributed by atoms with E-state index in [-0.39, 0.29) is 36.8 Å². The van der Waals surface area contributed by atoms with E-state index in [1.807, 2.05) is 6.92 Å². The zero-order valence-corrected chi connectivity index (χ0v) is 16.8. The molecule has 0 bridgehead atoms. The molecule has 3 unspecified atom stereocenters. The largest absolute Gasteiger partial charge is 0.341 e. The Labute approximate surface area is 169 Å². The topological polar surface area (TPSA) is 95.7 Å². The lowest BCUT2D eigenvalue weighted by molar-refractivity contribution is -0.140. The summed E-state index contributed by atoms with van der Waals surface area (Å²) in [7, 11) is 0. The first kappa shape index (κ1) is 22.1. The van der Waals surface area contributed by atoms with Gasteiger partial charge in [0.2, 0.25) is 5.91 Å². The molecule has 2 fully saturated rings. The van der Waals surface area contributed by atoms with Crippen molar-refractivity contribution in [2.75, 3.05) is 19.6 Å². The van der Waals surface area contributed by atoms with Crippen LogP contribution in [-0.4, -0.2) is 53.3 Å². The fourth-order valence-corrected chi connectivity index (χ4v) is 3.72. The van der Waals surface area contributed by atoms with E-state index in [2.05, 4.69) is 5.32 Å². The summed E-state index contributed by atoms with van der Waals surface area (Å²) >= 11 is 0. The molecule has 0 spiro atoms. The molecule has 2 heterocycles. The molecular weight excluding hydrogens is 387 g/mol. The Morgan fingerprint density at radius 2 is 2.00 bits per heavy atom. The van der Waals surface area contributed by atoms with Crippen molar-refractivity contribution in [3.63, 3.8) is 0 Å². The monoisotopic (exact) mass is 412 g/mol. The summed E-state index contributed by atoms with van der Waals surface area (Å²) in [6.45, 7) is 4.30. The standard InChI is InChI=1S/C19H25FN4O3.ClH/c1-12(21)13-4-3-9-23(10-13)16(25)11-24-17(26)19(2,22-18(24)27)14-5-7-15(20)8-6-14;/h5-8,12-13H,3-4,9-11,21H2,1-2H3,(H,22,27);1H. The zero-order chi connectivity index (χ0) is 19.8. The van der Waals surface area contributed by atoms with Gasteiger partial charge < -0.3 is 16.0 Å². The number of piperidine rings is 1. The molecule has 28 heavy (non-hydrogen) atoms.